The van der Waals surface area contributed by atoms with E-state index in [0.29, 0.717) is 0 Å². The maximum absolute atomic E-state index is 10.2. The maximum Gasteiger partial charge on any atom is 0.175 e. The van der Waals surface area contributed by atoms with E-state index in [1.165, 1.54) is 4.68 Å². The van der Waals surface area contributed by atoms with Crippen molar-refractivity contribution in [1.82, 2.24) is 15.0 Å². The molecule has 0 spiro atoms. The smallest absolute Gasteiger partial charge is 0.175 e. The van der Waals surface area contributed by atoms with E-state index >= 15 is 0 Å². The molecule has 1 N–H and O–H groups in total. The third kappa shape index (κ3) is 1.68. The number of fused-ring (bicyclic) bond motifs is 1. The van der Waals surface area contributed by atoms with Crippen LogP contribution in [0.1, 0.15) is 11.8 Å². The van der Waals surface area contributed by atoms with E-state index in [2.05, 4.69) is 10.3 Å². The van der Waals surface area contributed by atoms with Crippen molar-refractivity contribution in [1.29, 1.82) is 0 Å². The summed E-state index contributed by atoms with van der Waals surface area (Å²) < 4.78 is 1.52. The lowest BCUT2D eigenvalue weighted by atomic mass is 10.2. The fourth-order valence-corrected chi connectivity index (χ4v) is 1.83. The third-order valence-electron chi connectivity index (χ3n) is 2.71. The highest BCUT2D eigenvalue weighted by Gasteiger charge is 2.13. The predicted octanol–water partition coefficient (Wildman–Crippen LogP) is 1.97. The molecule has 0 bridgehead atoms. The summed E-state index contributed by atoms with van der Waals surface area (Å²) in [4.78, 5) is 0. The SMILES string of the molecule is O[C@@H](c1ccccc1)n1nnc2ccccc21. The van der Waals surface area contributed by atoms with E-state index in [0.717, 1.165) is 16.6 Å². The standard InChI is InChI=1S/C13H11N3O/c17-13(10-6-2-1-3-7-10)16-12-9-5-4-8-11(12)14-15-16/h1-9,13,17H/t13-/m0/s1. The average Bonchev–Trinajstić information content (AvgIpc) is 2.83. The molecule has 1 heterocycles. The van der Waals surface area contributed by atoms with Crippen molar-refractivity contribution in [2.24, 2.45) is 0 Å². The molecule has 4 heteroatoms. The Morgan fingerprint density at radius 1 is 0.941 bits per heavy atom. The van der Waals surface area contributed by atoms with Gasteiger partial charge in [0.15, 0.2) is 6.23 Å². The number of para-hydroxylation sites is 1. The highest BCUT2D eigenvalue weighted by atomic mass is 16.3. The van der Waals surface area contributed by atoms with Crippen molar-refractivity contribution in [3.63, 3.8) is 0 Å². The lowest BCUT2D eigenvalue weighted by Gasteiger charge is -2.11. The van der Waals surface area contributed by atoms with E-state index in [1.807, 2.05) is 54.6 Å². The van der Waals surface area contributed by atoms with E-state index in [-0.39, 0.29) is 0 Å². The Morgan fingerprint density at radius 3 is 2.47 bits per heavy atom. The summed E-state index contributed by atoms with van der Waals surface area (Å²) in [5, 5.41) is 18.2. The van der Waals surface area contributed by atoms with Crippen molar-refractivity contribution < 1.29 is 5.11 Å². The van der Waals surface area contributed by atoms with Crippen molar-refractivity contribution in [2.45, 2.75) is 6.23 Å². The van der Waals surface area contributed by atoms with Crippen LogP contribution in [0.25, 0.3) is 11.0 Å². The number of aliphatic hydroxyl groups is 1. The van der Waals surface area contributed by atoms with Gasteiger partial charge in [0.05, 0.1) is 5.52 Å². The molecule has 17 heavy (non-hydrogen) atoms. The number of hydrogen-bond donors (Lipinski definition) is 1. The monoisotopic (exact) mass is 225 g/mol. The Balaban J connectivity index is 2.10. The number of rotatable bonds is 2. The van der Waals surface area contributed by atoms with Crippen LogP contribution in [0.5, 0.6) is 0 Å². The van der Waals surface area contributed by atoms with Crippen LogP contribution in [0.4, 0.5) is 0 Å². The molecule has 0 amide bonds. The normalized spacial score (nSPS) is 12.8. The van der Waals surface area contributed by atoms with Crippen molar-refractivity contribution in [2.75, 3.05) is 0 Å². The molecule has 1 aromatic heterocycles. The van der Waals surface area contributed by atoms with Crippen LogP contribution in [0, 0.1) is 0 Å². The van der Waals surface area contributed by atoms with Crippen molar-refractivity contribution in [3.8, 4) is 0 Å². The van der Waals surface area contributed by atoms with Gasteiger partial charge in [0.2, 0.25) is 0 Å². The zero-order valence-corrected chi connectivity index (χ0v) is 9.06. The van der Waals surface area contributed by atoms with Gasteiger partial charge in [-0.1, -0.05) is 47.7 Å². The van der Waals surface area contributed by atoms with Crippen LogP contribution < -0.4 is 0 Å². The Morgan fingerprint density at radius 2 is 1.65 bits per heavy atom. The molecule has 3 aromatic rings. The second kappa shape index (κ2) is 3.99. The summed E-state index contributed by atoms with van der Waals surface area (Å²) in [5.74, 6) is 0. The molecular weight excluding hydrogens is 214 g/mol. The summed E-state index contributed by atoms with van der Waals surface area (Å²) in [6, 6.07) is 17.0. The molecule has 3 rings (SSSR count). The molecule has 0 saturated carbocycles. The largest absolute Gasteiger partial charge is 0.368 e. The second-order valence-corrected chi connectivity index (χ2v) is 3.81. The first kappa shape index (κ1) is 9.99. The van der Waals surface area contributed by atoms with Crippen LogP contribution in [0.3, 0.4) is 0 Å². The molecule has 0 saturated heterocycles. The van der Waals surface area contributed by atoms with E-state index in [9.17, 15) is 5.11 Å². The first-order valence-electron chi connectivity index (χ1n) is 5.39. The Hall–Kier alpha value is -2.20. The summed E-state index contributed by atoms with van der Waals surface area (Å²) in [6.45, 7) is 0. The first-order chi connectivity index (χ1) is 8.36. The zero-order valence-electron chi connectivity index (χ0n) is 9.06. The quantitative estimate of drug-likeness (QED) is 0.725. The minimum absolute atomic E-state index is 0.780. The van der Waals surface area contributed by atoms with Crippen molar-refractivity contribution >= 4 is 11.0 Å². The Kier molecular flexibility index (Phi) is 2.34. The molecule has 0 aliphatic rings. The molecule has 1 atom stereocenters. The lowest BCUT2D eigenvalue weighted by molar-refractivity contribution is 0.134. The highest BCUT2D eigenvalue weighted by Crippen LogP contribution is 2.19. The van der Waals surface area contributed by atoms with E-state index in [1.54, 1.807) is 0 Å². The highest BCUT2D eigenvalue weighted by molar-refractivity contribution is 5.74. The van der Waals surface area contributed by atoms with Gasteiger partial charge in [0, 0.05) is 5.56 Å². The molecule has 0 radical (unpaired) electrons. The van der Waals surface area contributed by atoms with E-state index in [4.69, 9.17) is 0 Å². The van der Waals surface area contributed by atoms with Crippen LogP contribution in [0.2, 0.25) is 0 Å². The predicted molar refractivity (Wildman–Crippen MR) is 64.3 cm³/mol. The lowest BCUT2D eigenvalue weighted by Crippen LogP contribution is -2.11. The Bertz CT molecular complexity index is 633. The maximum atomic E-state index is 10.2. The van der Waals surface area contributed by atoms with Crippen LogP contribution >= 0.6 is 0 Å². The minimum atomic E-state index is -0.802. The summed E-state index contributed by atoms with van der Waals surface area (Å²) in [7, 11) is 0. The second-order valence-electron chi connectivity index (χ2n) is 3.81. The number of aliphatic hydroxyl groups excluding tert-OH is 1. The fraction of sp³-hybridized carbons (Fsp3) is 0.0769. The molecule has 0 unspecified atom stereocenters. The van der Waals surface area contributed by atoms with Gasteiger partial charge in [-0.3, -0.25) is 0 Å². The topological polar surface area (TPSA) is 50.9 Å². The fourth-order valence-electron chi connectivity index (χ4n) is 1.83. The summed E-state index contributed by atoms with van der Waals surface area (Å²) >= 11 is 0. The van der Waals surface area contributed by atoms with Gasteiger partial charge in [-0.25, -0.2) is 4.68 Å². The van der Waals surface area contributed by atoms with Crippen molar-refractivity contribution in [3.05, 3.63) is 60.2 Å². The molecule has 2 aromatic carbocycles. The van der Waals surface area contributed by atoms with Gasteiger partial charge < -0.3 is 5.11 Å². The third-order valence-corrected chi connectivity index (χ3v) is 2.71. The van der Waals surface area contributed by atoms with Crippen LogP contribution in [0.15, 0.2) is 54.6 Å². The first-order valence-corrected chi connectivity index (χ1v) is 5.39. The average molecular weight is 225 g/mol. The molecule has 0 fully saturated rings. The minimum Gasteiger partial charge on any atom is -0.368 e. The number of benzene rings is 2. The molecular formula is C13H11N3O. The van der Waals surface area contributed by atoms with Crippen LogP contribution in [-0.4, -0.2) is 20.1 Å². The molecule has 84 valence electrons. The Labute approximate surface area is 98.1 Å². The molecule has 0 aliphatic carbocycles. The summed E-state index contributed by atoms with van der Waals surface area (Å²) in [5.41, 5.74) is 2.40. The summed E-state index contributed by atoms with van der Waals surface area (Å²) in [6.07, 6.45) is -0.802. The molecule has 4 nitrogen and oxygen atoms in total. The number of hydrogen-bond acceptors (Lipinski definition) is 3. The zero-order chi connectivity index (χ0) is 11.7. The van der Waals surface area contributed by atoms with Gasteiger partial charge in [-0.15, -0.1) is 5.10 Å². The van der Waals surface area contributed by atoms with Crippen LogP contribution in [-0.2, 0) is 0 Å². The van der Waals surface area contributed by atoms with Gasteiger partial charge in [-0.2, -0.15) is 0 Å². The van der Waals surface area contributed by atoms with Gasteiger partial charge >= 0.3 is 0 Å². The number of aromatic nitrogens is 3. The van der Waals surface area contributed by atoms with Gasteiger partial charge in [0.1, 0.15) is 5.52 Å². The van der Waals surface area contributed by atoms with E-state index < -0.39 is 6.23 Å². The van der Waals surface area contributed by atoms with Gasteiger partial charge in [0.25, 0.3) is 0 Å². The number of nitrogens with zero attached hydrogens (tertiary/aromatic N) is 3. The van der Waals surface area contributed by atoms with Gasteiger partial charge in [-0.05, 0) is 12.1 Å². The molecule has 0 aliphatic heterocycles.